The standard InChI is InChI=1S/C14H21F2N/c1-4-14(5-2,10-17-3)9-11-12(15)7-6-8-13(11)16/h6-8,17H,4-5,9-10H2,1-3H3. The van der Waals surface area contributed by atoms with Crippen LogP contribution in [0.25, 0.3) is 0 Å². The van der Waals surface area contributed by atoms with Gasteiger partial charge in [0.25, 0.3) is 0 Å². The molecule has 0 saturated heterocycles. The Morgan fingerprint density at radius 2 is 1.65 bits per heavy atom. The summed E-state index contributed by atoms with van der Waals surface area (Å²) in [5.74, 6) is -0.875. The van der Waals surface area contributed by atoms with Gasteiger partial charge in [-0.05, 0) is 43.9 Å². The molecule has 1 aromatic carbocycles. The molecule has 1 aromatic rings. The smallest absolute Gasteiger partial charge is 0.129 e. The summed E-state index contributed by atoms with van der Waals surface area (Å²) in [5.41, 5.74) is 0.143. The Hall–Kier alpha value is -0.960. The van der Waals surface area contributed by atoms with Gasteiger partial charge in [0.05, 0.1) is 0 Å². The van der Waals surface area contributed by atoms with Crippen molar-refractivity contribution in [3.8, 4) is 0 Å². The molecule has 0 fully saturated rings. The molecule has 1 rings (SSSR count). The van der Waals surface area contributed by atoms with Crippen molar-refractivity contribution in [1.82, 2.24) is 5.32 Å². The van der Waals surface area contributed by atoms with Crippen molar-refractivity contribution in [3.05, 3.63) is 35.4 Å². The van der Waals surface area contributed by atoms with E-state index in [1.54, 1.807) is 0 Å². The summed E-state index contributed by atoms with van der Waals surface area (Å²) >= 11 is 0. The molecule has 1 N–H and O–H groups in total. The van der Waals surface area contributed by atoms with Gasteiger partial charge in [0, 0.05) is 12.1 Å². The van der Waals surface area contributed by atoms with E-state index in [1.165, 1.54) is 18.2 Å². The summed E-state index contributed by atoms with van der Waals surface area (Å²) in [7, 11) is 1.87. The van der Waals surface area contributed by atoms with Crippen molar-refractivity contribution < 1.29 is 8.78 Å². The molecule has 0 aromatic heterocycles. The Morgan fingerprint density at radius 1 is 1.12 bits per heavy atom. The van der Waals surface area contributed by atoms with Gasteiger partial charge < -0.3 is 5.32 Å². The lowest BCUT2D eigenvalue weighted by atomic mass is 9.76. The Labute approximate surface area is 102 Å². The van der Waals surface area contributed by atoms with Crippen LogP contribution >= 0.6 is 0 Å². The Kier molecular flexibility index (Phi) is 5.06. The molecule has 0 aliphatic heterocycles. The second-order valence-electron chi connectivity index (χ2n) is 4.61. The molecule has 0 amide bonds. The van der Waals surface area contributed by atoms with E-state index < -0.39 is 11.6 Å². The highest BCUT2D eigenvalue weighted by atomic mass is 19.1. The molecule has 0 unspecified atom stereocenters. The van der Waals surface area contributed by atoms with Crippen LogP contribution in [0.1, 0.15) is 32.3 Å². The van der Waals surface area contributed by atoms with Gasteiger partial charge in [0.2, 0.25) is 0 Å². The summed E-state index contributed by atoms with van der Waals surface area (Å²) in [6.45, 7) is 4.91. The first kappa shape index (κ1) is 14.1. The van der Waals surface area contributed by atoms with E-state index >= 15 is 0 Å². The number of hydrogen-bond donors (Lipinski definition) is 1. The van der Waals surface area contributed by atoms with Crippen molar-refractivity contribution in [2.24, 2.45) is 5.41 Å². The third-order valence-corrected chi connectivity index (χ3v) is 3.67. The SMILES string of the molecule is CCC(CC)(CNC)Cc1c(F)cccc1F. The molecule has 0 heterocycles. The third-order valence-electron chi connectivity index (χ3n) is 3.67. The van der Waals surface area contributed by atoms with Gasteiger partial charge in [0.1, 0.15) is 11.6 Å². The van der Waals surface area contributed by atoms with Crippen LogP contribution in [0.3, 0.4) is 0 Å². The van der Waals surface area contributed by atoms with Gasteiger partial charge in [-0.25, -0.2) is 8.78 Å². The first-order chi connectivity index (χ1) is 8.08. The lowest BCUT2D eigenvalue weighted by Crippen LogP contribution is -2.34. The van der Waals surface area contributed by atoms with Crippen molar-refractivity contribution in [3.63, 3.8) is 0 Å². The van der Waals surface area contributed by atoms with Crippen LogP contribution in [0.4, 0.5) is 8.78 Å². The van der Waals surface area contributed by atoms with E-state index in [4.69, 9.17) is 0 Å². The van der Waals surface area contributed by atoms with Gasteiger partial charge in [0.15, 0.2) is 0 Å². The molecule has 0 aliphatic rings. The van der Waals surface area contributed by atoms with E-state index in [-0.39, 0.29) is 11.0 Å². The van der Waals surface area contributed by atoms with Crippen LogP contribution in [0.15, 0.2) is 18.2 Å². The molecule has 17 heavy (non-hydrogen) atoms. The summed E-state index contributed by atoms with van der Waals surface area (Å²) in [5, 5.41) is 3.12. The monoisotopic (exact) mass is 241 g/mol. The van der Waals surface area contributed by atoms with Crippen molar-refractivity contribution >= 4 is 0 Å². The average molecular weight is 241 g/mol. The highest BCUT2D eigenvalue weighted by Gasteiger charge is 2.28. The van der Waals surface area contributed by atoms with E-state index in [0.29, 0.717) is 6.42 Å². The van der Waals surface area contributed by atoms with Crippen LogP contribution in [-0.4, -0.2) is 13.6 Å². The van der Waals surface area contributed by atoms with Crippen molar-refractivity contribution in [2.45, 2.75) is 33.1 Å². The minimum Gasteiger partial charge on any atom is -0.319 e. The van der Waals surface area contributed by atoms with E-state index in [2.05, 4.69) is 19.2 Å². The van der Waals surface area contributed by atoms with Crippen LogP contribution in [-0.2, 0) is 6.42 Å². The van der Waals surface area contributed by atoms with Gasteiger partial charge >= 0.3 is 0 Å². The number of rotatable bonds is 6. The topological polar surface area (TPSA) is 12.0 Å². The fourth-order valence-corrected chi connectivity index (χ4v) is 2.26. The number of halogens is 2. The fraction of sp³-hybridized carbons (Fsp3) is 0.571. The highest BCUT2D eigenvalue weighted by molar-refractivity contribution is 5.21. The molecule has 0 aliphatic carbocycles. The molecular formula is C14H21F2N. The normalized spacial score (nSPS) is 11.8. The lowest BCUT2D eigenvalue weighted by molar-refractivity contribution is 0.247. The van der Waals surface area contributed by atoms with Crippen LogP contribution in [0, 0.1) is 17.0 Å². The maximum Gasteiger partial charge on any atom is 0.129 e. The molecule has 0 saturated carbocycles. The molecule has 0 bridgehead atoms. The highest BCUT2D eigenvalue weighted by Crippen LogP contribution is 2.32. The fourth-order valence-electron chi connectivity index (χ4n) is 2.26. The summed E-state index contributed by atoms with van der Waals surface area (Å²) in [6.07, 6.45) is 2.25. The second kappa shape index (κ2) is 6.10. The van der Waals surface area contributed by atoms with E-state index in [1.807, 2.05) is 7.05 Å². The maximum absolute atomic E-state index is 13.6. The van der Waals surface area contributed by atoms with Crippen molar-refractivity contribution in [2.75, 3.05) is 13.6 Å². The predicted molar refractivity (Wildman–Crippen MR) is 67.0 cm³/mol. The van der Waals surface area contributed by atoms with Gasteiger partial charge in [-0.15, -0.1) is 0 Å². The van der Waals surface area contributed by atoms with Crippen molar-refractivity contribution in [1.29, 1.82) is 0 Å². The quantitative estimate of drug-likeness (QED) is 0.803. The lowest BCUT2D eigenvalue weighted by Gasteiger charge is -2.32. The summed E-state index contributed by atoms with van der Waals surface area (Å²) in [6, 6.07) is 4.06. The largest absolute Gasteiger partial charge is 0.319 e. The van der Waals surface area contributed by atoms with Gasteiger partial charge in [-0.3, -0.25) is 0 Å². The molecule has 1 nitrogen and oxygen atoms in total. The molecular weight excluding hydrogens is 220 g/mol. The predicted octanol–water partition coefficient (Wildman–Crippen LogP) is 3.53. The first-order valence-corrected chi connectivity index (χ1v) is 6.16. The van der Waals surface area contributed by atoms with E-state index in [9.17, 15) is 8.78 Å². The van der Waals surface area contributed by atoms with Crippen LogP contribution in [0.5, 0.6) is 0 Å². The minimum atomic E-state index is -0.438. The van der Waals surface area contributed by atoms with Gasteiger partial charge in [-0.1, -0.05) is 19.9 Å². The van der Waals surface area contributed by atoms with Crippen LogP contribution in [0.2, 0.25) is 0 Å². The molecule has 3 heteroatoms. The zero-order valence-corrected chi connectivity index (χ0v) is 10.8. The zero-order chi connectivity index (χ0) is 12.9. The summed E-state index contributed by atoms with van der Waals surface area (Å²) < 4.78 is 27.3. The molecule has 0 radical (unpaired) electrons. The van der Waals surface area contributed by atoms with Crippen LogP contribution < -0.4 is 5.32 Å². The third kappa shape index (κ3) is 3.25. The average Bonchev–Trinajstić information content (AvgIpc) is 2.33. The summed E-state index contributed by atoms with van der Waals surface area (Å²) in [4.78, 5) is 0. The molecule has 96 valence electrons. The number of hydrogen-bond acceptors (Lipinski definition) is 1. The van der Waals surface area contributed by atoms with E-state index in [0.717, 1.165) is 19.4 Å². The van der Waals surface area contributed by atoms with Gasteiger partial charge in [-0.2, -0.15) is 0 Å². The molecule has 0 spiro atoms. The Morgan fingerprint density at radius 3 is 2.06 bits per heavy atom. The zero-order valence-electron chi connectivity index (χ0n) is 10.8. The second-order valence-corrected chi connectivity index (χ2v) is 4.61. The maximum atomic E-state index is 13.6. The molecule has 0 atom stereocenters. The number of nitrogens with one attached hydrogen (secondary N) is 1. The Balaban J connectivity index is 3.01. The first-order valence-electron chi connectivity index (χ1n) is 6.16. The Bertz CT molecular complexity index is 339. The minimum absolute atomic E-state index is 0.0716. The number of benzene rings is 1.